The Morgan fingerprint density at radius 2 is 2.33 bits per heavy atom. The molecule has 18 heavy (non-hydrogen) atoms. The number of nitrogens with one attached hydrogen (secondary N) is 1. The van der Waals surface area contributed by atoms with Gasteiger partial charge in [-0.1, -0.05) is 0 Å². The summed E-state index contributed by atoms with van der Waals surface area (Å²) in [7, 11) is 0. The highest BCUT2D eigenvalue weighted by Crippen LogP contribution is 2.25. The minimum absolute atomic E-state index is 0.137. The quantitative estimate of drug-likeness (QED) is 0.884. The highest BCUT2D eigenvalue weighted by molar-refractivity contribution is 5.83. The zero-order valence-corrected chi connectivity index (χ0v) is 10.0. The Hall–Kier alpha value is -1.68. The molecule has 1 aliphatic heterocycles. The molecule has 1 aromatic heterocycles. The van der Waals surface area contributed by atoms with E-state index >= 15 is 0 Å². The number of hydrogen-bond acceptors (Lipinski definition) is 3. The lowest BCUT2D eigenvalue weighted by Gasteiger charge is -2.24. The molecule has 0 saturated carbocycles. The topological polar surface area (TPSA) is 34.1 Å². The zero-order valence-electron chi connectivity index (χ0n) is 10.0. The van der Waals surface area contributed by atoms with Crippen molar-refractivity contribution in [3.05, 3.63) is 36.4 Å². The van der Waals surface area contributed by atoms with Gasteiger partial charge in [0.25, 0.3) is 0 Å². The van der Waals surface area contributed by atoms with Gasteiger partial charge in [0.1, 0.15) is 17.7 Å². The van der Waals surface area contributed by atoms with Gasteiger partial charge in [0.05, 0.1) is 0 Å². The van der Waals surface area contributed by atoms with E-state index in [1.54, 1.807) is 12.3 Å². The van der Waals surface area contributed by atoms with Crippen LogP contribution in [-0.4, -0.2) is 24.2 Å². The molecule has 94 valence electrons. The number of halogens is 1. The number of nitrogens with zero attached hydrogens (tertiary/aromatic N) is 1. The van der Waals surface area contributed by atoms with Gasteiger partial charge in [0, 0.05) is 30.4 Å². The second kappa shape index (κ2) is 4.90. The Kier molecular flexibility index (Phi) is 3.11. The largest absolute Gasteiger partial charge is 0.489 e. The monoisotopic (exact) mass is 246 g/mol. The van der Waals surface area contributed by atoms with Gasteiger partial charge >= 0.3 is 0 Å². The highest BCUT2D eigenvalue weighted by atomic mass is 19.1. The van der Waals surface area contributed by atoms with Crippen LogP contribution in [0.4, 0.5) is 4.39 Å². The Balaban J connectivity index is 1.87. The summed E-state index contributed by atoms with van der Waals surface area (Å²) < 4.78 is 19.7. The number of aromatic nitrogens is 1. The van der Waals surface area contributed by atoms with Gasteiger partial charge in [-0.25, -0.2) is 4.39 Å². The van der Waals surface area contributed by atoms with E-state index in [2.05, 4.69) is 10.3 Å². The Morgan fingerprint density at radius 1 is 1.39 bits per heavy atom. The number of fused-ring (bicyclic) bond motifs is 1. The number of rotatable bonds is 2. The lowest BCUT2D eigenvalue weighted by Crippen LogP contribution is -2.37. The summed E-state index contributed by atoms with van der Waals surface area (Å²) in [4.78, 5) is 3.93. The molecule has 1 N–H and O–H groups in total. The third-order valence-corrected chi connectivity index (χ3v) is 3.23. The van der Waals surface area contributed by atoms with Crippen LogP contribution in [0.3, 0.4) is 0 Å². The molecule has 2 aromatic rings. The molecule has 1 saturated heterocycles. The maximum Gasteiger partial charge on any atom is 0.136 e. The molecule has 1 atom stereocenters. The molecule has 1 unspecified atom stereocenters. The van der Waals surface area contributed by atoms with Crippen molar-refractivity contribution in [3.63, 3.8) is 0 Å². The fourth-order valence-corrected chi connectivity index (χ4v) is 2.31. The average molecular weight is 246 g/mol. The van der Waals surface area contributed by atoms with Gasteiger partial charge in [0.2, 0.25) is 0 Å². The first kappa shape index (κ1) is 11.4. The van der Waals surface area contributed by atoms with Gasteiger partial charge in [-0.15, -0.1) is 0 Å². The first-order valence-electron chi connectivity index (χ1n) is 6.23. The molecular weight excluding hydrogens is 231 g/mol. The smallest absolute Gasteiger partial charge is 0.136 e. The van der Waals surface area contributed by atoms with Crippen LogP contribution in [0.2, 0.25) is 0 Å². The van der Waals surface area contributed by atoms with Crippen molar-refractivity contribution in [1.82, 2.24) is 10.3 Å². The van der Waals surface area contributed by atoms with Crippen LogP contribution >= 0.6 is 0 Å². The van der Waals surface area contributed by atoms with E-state index in [4.69, 9.17) is 4.74 Å². The number of pyridine rings is 1. The summed E-state index contributed by atoms with van der Waals surface area (Å²) in [6.07, 6.45) is 5.45. The third kappa shape index (κ3) is 2.29. The summed E-state index contributed by atoms with van der Waals surface area (Å²) in [5.41, 5.74) is 0. The van der Waals surface area contributed by atoms with Crippen molar-refractivity contribution in [2.45, 2.75) is 18.9 Å². The molecule has 2 heterocycles. The summed E-state index contributed by atoms with van der Waals surface area (Å²) in [6.45, 7) is 1.87. The van der Waals surface area contributed by atoms with Crippen molar-refractivity contribution in [2.24, 2.45) is 0 Å². The fraction of sp³-hybridized carbons (Fsp3) is 0.357. The molecule has 1 fully saturated rings. The molecule has 0 bridgehead atoms. The predicted molar refractivity (Wildman–Crippen MR) is 68.2 cm³/mol. The minimum Gasteiger partial charge on any atom is -0.489 e. The second-order valence-corrected chi connectivity index (χ2v) is 4.59. The van der Waals surface area contributed by atoms with Crippen molar-refractivity contribution in [1.29, 1.82) is 0 Å². The zero-order chi connectivity index (χ0) is 12.4. The summed E-state index contributed by atoms with van der Waals surface area (Å²) in [5, 5.41) is 4.63. The first-order chi connectivity index (χ1) is 8.83. The van der Waals surface area contributed by atoms with Crippen molar-refractivity contribution in [3.8, 4) is 5.75 Å². The maximum atomic E-state index is 13.9. The van der Waals surface area contributed by atoms with Crippen LogP contribution in [0.5, 0.6) is 5.75 Å². The molecule has 0 aliphatic carbocycles. The minimum atomic E-state index is -0.278. The van der Waals surface area contributed by atoms with Crippen molar-refractivity contribution in [2.75, 3.05) is 13.1 Å². The Bertz CT molecular complexity index is 552. The number of hydrogen-bond donors (Lipinski definition) is 1. The predicted octanol–water partition coefficient (Wildman–Crippen LogP) is 2.50. The van der Waals surface area contributed by atoms with Gasteiger partial charge in [-0.2, -0.15) is 0 Å². The third-order valence-electron chi connectivity index (χ3n) is 3.23. The molecule has 0 spiro atoms. The molecule has 3 nitrogen and oxygen atoms in total. The first-order valence-corrected chi connectivity index (χ1v) is 6.23. The van der Waals surface area contributed by atoms with E-state index in [0.29, 0.717) is 11.1 Å². The summed E-state index contributed by atoms with van der Waals surface area (Å²) >= 11 is 0. The van der Waals surface area contributed by atoms with E-state index < -0.39 is 0 Å². The molecule has 0 amide bonds. The van der Waals surface area contributed by atoms with Crippen LogP contribution in [0, 0.1) is 5.82 Å². The molecule has 4 heteroatoms. The van der Waals surface area contributed by atoms with E-state index in [-0.39, 0.29) is 11.9 Å². The van der Waals surface area contributed by atoms with Crippen molar-refractivity contribution >= 4 is 10.8 Å². The van der Waals surface area contributed by atoms with Crippen LogP contribution in [0.15, 0.2) is 30.6 Å². The SMILES string of the molecule is Fc1cc(OC2CCCNC2)cc2ccncc12. The molecule has 0 radical (unpaired) electrons. The van der Waals surface area contributed by atoms with Crippen LogP contribution in [0.25, 0.3) is 10.8 Å². The van der Waals surface area contributed by atoms with Crippen LogP contribution in [0.1, 0.15) is 12.8 Å². The van der Waals surface area contributed by atoms with Crippen LogP contribution < -0.4 is 10.1 Å². The van der Waals surface area contributed by atoms with Gasteiger partial charge in [0.15, 0.2) is 0 Å². The van der Waals surface area contributed by atoms with E-state index in [1.165, 1.54) is 12.3 Å². The normalized spacial score (nSPS) is 19.9. The van der Waals surface area contributed by atoms with Crippen molar-refractivity contribution < 1.29 is 9.13 Å². The molecule has 3 rings (SSSR count). The Morgan fingerprint density at radius 3 is 3.17 bits per heavy atom. The standard InChI is InChI=1S/C14H15FN2O/c15-14-7-12(18-11-2-1-4-16-8-11)6-10-3-5-17-9-13(10)14/h3,5-7,9,11,16H,1-2,4,8H2. The number of ether oxygens (including phenoxy) is 1. The molecular formula is C14H15FN2O. The number of piperidine rings is 1. The maximum absolute atomic E-state index is 13.9. The van der Waals surface area contributed by atoms with E-state index in [9.17, 15) is 4.39 Å². The lowest BCUT2D eigenvalue weighted by atomic mass is 10.1. The van der Waals surface area contributed by atoms with Gasteiger partial charge in [-0.05, 0) is 36.9 Å². The second-order valence-electron chi connectivity index (χ2n) is 4.59. The average Bonchev–Trinajstić information content (AvgIpc) is 2.40. The van der Waals surface area contributed by atoms with E-state index in [1.807, 2.05) is 6.07 Å². The lowest BCUT2D eigenvalue weighted by molar-refractivity contribution is 0.167. The molecule has 1 aromatic carbocycles. The van der Waals surface area contributed by atoms with E-state index in [0.717, 1.165) is 31.3 Å². The fourth-order valence-electron chi connectivity index (χ4n) is 2.31. The van der Waals surface area contributed by atoms with Gasteiger partial charge in [-0.3, -0.25) is 4.98 Å². The van der Waals surface area contributed by atoms with Crippen LogP contribution in [-0.2, 0) is 0 Å². The highest BCUT2D eigenvalue weighted by Gasteiger charge is 2.15. The number of benzene rings is 1. The summed E-state index contributed by atoms with van der Waals surface area (Å²) in [5.74, 6) is 0.319. The van der Waals surface area contributed by atoms with Gasteiger partial charge < -0.3 is 10.1 Å². The summed E-state index contributed by atoms with van der Waals surface area (Å²) in [6, 6.07) is 5.11. The molecule has 1 aliphatic rings. The Labute approximate surface area is 105 Å².